The van der Waals surface area contributed by atoms with Gasteiger partial charge in [0.05, 0.1) is 18.7 Å². The molecule has 1 saturated heterocycles. The number of fused-ring (bicyclic) bond motifs is 2. The average Bonchev–Trinajstić information content (AvgIpc) is 2.99. The number of aromatic nitrogens is 1. The van der Waals surface area contributed by atoms with Crippen LogP contribution in [0.2, 0.25) is 0 Å². The standard InChI is InChI=1S/C20H24N2O3/c1-25-20(24)19-10-13-6-7-15(23)11-18(13)22(19)12-14-8-9-21-17-5-3-2-4-16(14)17/h2-5,8-9,13,15,18-19,23H,6-7,10-12H2,1H3/t13-,15+,18-,19+/m1/s1. The molecule has 2 aromatic rings. The van der Waals surface area contributed by atoms with Gasteiger partial charge in [0.25, 0.3) is 0 Å². The Morgan fingerprint density at radius 3 is 2.96 bits per heavy atom. The molecular formula is C20H24N2O3. The normalized spacial score (nSPS) is 29.5. The molecule has 4 rings (SSSR count). The summed E-state index contributed by atoms with van der Waals surface area (Å²) >= 11 is 0. The molecule has 1 aromatic heterocycles. The van der Waals surface area contributed by atoms with Gasteiger partial charge in [-0.3, -0.25) is 14.7 Å². The van der Waals surface area contributed by atoms with Gasteiger partial charge < -0.3 is 9.84 Å². The number of para-hydroxylation sites is 1. The van der Waals surface area contributed by atoms with Crippen molar-refractivity contribution >= 4 is 16.9 Å². The van der Waals surface area contributed by atoms with Gasteiger partial charge >= 0.3 is 5.97 Å². The van der Waals surface area contributed by atoms with Gasteiger partial charge in [0.1, 0.15) is 6.04 Å². The molecule has 0 amide bonds. The highest BCUT2D eigenvalue weighted by atomic mass is 16.5. The van der Waals surface area contributed by atoms with Crippen LogP contribution in [0.5, 0.6) is 0 Å². The maximum atomic E-state index is 12.4. The second kappa shape index (κ2) is 6.73. The zero-order valence-electron chi connectivity index (χ0n) is 14.5. The van der Waals surface area contributed by atoms with E-state index in [9.17, 15) is 9.90 Å². The van der Waals surface area contributed by atoms with Crippen molar-refractivity contribution in [2.75, 3.05) is 7.11 Å². The second-order valence-corrected chi connectivity index (χ2v) is 7.23. The van der Waals surface area contributed by atoms with Crippen molar-refractivity contribution in [3.8, 4) is 0 Å². The van der Waals surface area contributed by atoms with E-state index in [-0.39, 0.29) is 24.2 Å². The van der Waals surface area contributed by atoms with E-state index in [1.807, 2.05) is 30.5 Å². The molecule has 5 heteroatoms. The van der Waals surface area contributed by atoms with Crippen LogP contribution in [0.3, 0.4) is 0 Å². The molecule has 4 atom stereocenters. The van der Waals surface area contributed by atoms with Crippen LogP contribution in [-0.4, -0.2) is 46.3 Å². The second-order valence-electron chi connectivity index (χ2n) is 7.23. The zero-order valence-corrected chi connectivity index (χ0v) is 14.5. The van der Waals surface area contributed by atoms with Gasteiger partial charge in [-0.15, -0.1) is 0 Å². The molecule has 1 N–H and O–H groups in total. The van der Waals surface area contributed by atoms with Crippen LogP contribution >= 0.6 is 0 Å². The summed E-state index contributed by atoms with van der Waals surface area (Å²) in [5.74, 6) is 0.294. The summed E-state index contributed by atoms with van der Waals surface area (Å²) < 4.78 is 5.07. The average molecular weight is 340 g/mol. The highest BCUT2D eigenvalue weighted by Crippen LogP contribution is 2.41. The number of esters is 1. The third-order valence-corrected chi connectivity index (χ3v) is 5.85. The van der Waals surface area contributed by atoms with E-state index < -0.39 is 0 Å². The Balaban J connectivity index is 1.68. The Kier molecular flexibility index (Phi) is 4.44. The van der Waals surface area contributed by atoms with E-state index in [0.29, 0.717) is 12.5 Å². The van der Waals surface area contributed by atoms with E-state index in [0.717, 1.165) is 36.6 Å². The van der Waals surface area contributed by atoms with Gasteiger partial charge in [-0.2, -0.15) is 0 Å². The number of benzene rings is 1. The van der Waals surface area contributed by atoms with Crippen molar-refractivity contribution in [1.29, 1.82) is 0 Å². The lowest BCUT2D eigenvalue weighted by molar-refractivity contribution is -0.146. The van der Waals surface area contributed by atoms with E-state index in [1.54, 1.807) is 0 Å². The molecule has 2 aliphatic rings. The van der Waals surface area contributed by atoms with Gasteiger partial charge in [-0.25, -0.2) is 0 Å². The van der Waals surface area contributed by atoms with E-state index in [4.69, 9.17) is 4.74 Å². The molecule has 1 aliphatic heterocycles. The fraction of sp³-hybridized carbons (Fsp3) is 0.500. The third-order valence-electron chi connectivity index (χ3n) is 5.85. The first-order chi connectivity index (χ1) is 12.2. The number of likely N-dealkylation sites (tertiary alicyclic amines) is 1. The first-order valence-corrected chi connectivity index (χ1v) is 9.01. The van der Waals surface area contributed by atoms with E-state index >= 15 is 0 Å². The van der Waals surface area contributed by atoms with Crippen molar-refractivity contribution in [3.05, 3.63) is 42.1 Å². The van der Waals surface area contributed by atoms with Crippen molar-refractivity contribution in [2.45, 2.75) is 50.4 Å². The lowest BCUT2D eigenvalue weighted by Crippen LogP contribution is -2.44. The fourth-order valence-electron chi connectivity index (χ4n) is 4.61. The minimum absolute atomic E-state index is 0.165. The fourth-order valence-corrected chi connectivity index (χ4v) is 4.61. The molecule has 1 aromatic carbocycles. The first-order valence-electron chi connectivity index (χ1n) is 9.01. The number of ether oxygens (including phenoxy) is 1. The van der Waals surface area contributed by atoms with Crippen LogP contribution in [0.4, 0.5) is 0 Å². The molecule has 1 saturated carbocycles. The summed E-state index contributed by atoms with van der Waals surface area (Å²) in [4.78, 5) is 19.0. The van der Waals surface area contributed by atoms with Crippen molar-refractivity contribution in [1.82, 2.24) is 9.88 Å². The highest BCUT2D eigenvalue weighted by Gasteiger charge is 2.47. The van der Waals surface area contributed by atoms with Crippen LogP contribution < -0.4 is 0 Å². The molecule has 0 spiro atoms. The molecular weight excluding hydrogens is 316 g/mol. The van der Waals surface area contributed by atoms with Crippen molar-refractivity contribution in [2.24, 2.45) is 5.92 Å². The maximum absolute atomic E-state index is 12.4. The smallest absolute Gasteiger partial charge is 0.323 e. The zero-order chi connectivity index (χ0) is 17.4. The monoisotopic (exact) mass is 340 g/mol. The molecule has 2 heterocycles. The molecule has 132 valence electrons. The predicted octanol–water partition coefficient (Wildman–Crippen LogP) is 2.51. The molecule has 5 nitrogen and oxygen atoms in total. The van der Waals surface area contributed by atoms with Crippen molar-refractivity contribution < 1.29 is 14.6 Å². The first kappa shape index (κ1) is 16.5. The summed E-state index contributed by atoms with van der Waals surface area (Å²) in [7, 11) is 1.46. The van der Waals surface area contributed by atoms with Gasteiger partial charge in [0.15, 0.2) is 0 Å². The van der Waals surface area contributed by atoms with Crippen LogP contribution in [0.1, 0.15) is 31.2 Å². The van der Waals surface area contributed by atoms with Gasteiger partial charge in [0.2, 0.25) is 0 Å². The minimum atomic E-state index is -0.269. The summed E-state index contributed by atoms with van der Waals surface area (Å²) in [5, 5.41) is 11.3. The number of methoxy groups -OCH3 is 1. The van der Waals surface area contributed by atoms with Crippen LogP contribution in [0.25, 0.3) is 10.9 Å². The molecule has 0 bridgehead atoms. The molecule has 25 heavy (non-hydrogen) atoms. The third kappa shape index (κ3) is 3.02. The van der Waals surface area contributed by atoms with Gasteiger partial charge in [-0.05, 0) is 49.3 Å². The number of hydrogen-bond donors (Lipinski definition) is 1. The largest absolute Gasteiger partial charge is 0.468 e. The quantitative estimate of drug-likeness (QED) is 0.870. The van der Waals surface area contributed by atoms with Gasteiger partial charge in [0, 0.05) is 24.2 Å². The summed E-state index contributed by atoms with van der Waals surface area (Å²) in [6, 6.07) is 10.1. The number of pyridine rings is 1. The Labute approximate surface area is 147 Å². The SMILES string of the molecule is COC(=O)[C@@H]1C[C@H]2CC[C@H](O)C[C@H]2N1Cc1ccnc2ccccc12. The van der Waals surface area contributed by atoms with E-state index in [2.05, 4.69) is 16.0 Å². The van der Waals surface area contributed by atoms with Crippen LogP contribution in [0.15, 0.2) is 36.5 Å². The molecule has 0 unspecified atom stereocenters. The number of aliphatic hydroxyl groups is 1. The Morgan fingerprint density at radius 2 is 2.12 bits per heavy atom. The number of rotatable bonds is 3. The van der Waals surface area contributed by atoms with Gasteiger partial charge in [-0.1, -0.05) is 18.2 Å². The topological polar surface area (TPSA) is 62.7 Å². The number of aliphatic hydroxyl groups excluding tert-OH is 1. The van der Waals surface area contributed by atoms with Crippen molar-refractivity contribution in [3.63, 3.8) is 0 Å². The van der Waals surface area contributed by atoms with E-state index in [1.165, 1.54) is 12.7 Å². The Hall–Kier alpha value is -1.98. The maximum Gasteiger partial charge on any atom is 0.323 e. The predicted molar refractivity (Wildman–Crippen MR) is 94.8 cm³/mol. The van der Waals surface area contributed by atoms with Crippen LogP contribution in [-0.2, 0) is 16.1 Å². The number of carbonyl (C=O) groups excluding carboxylic acids is 1. The Bertz CT molecular complexity index is 773. The number of nitrogens with zero attached hydrogens (tertiary/aromatic N) is 2. The summed E-state index contributed by atoms with van der Waals surface area (Å²) in [6.07, 6.45) is 4.94. The highest BCUT2D eigenvalue weighted by molar-refractivity contribution is 5.82. The summed E-state index contributed by atoms with van der Waals surface area (Å²) in [5.41, 5.74) is 2.13. The molecule has 1 aliphatic carbocycles. The van der Waals surface area contributed by atoms with Crippen LogP contribution in [0, 0.1) is 5.92 Å². The lowest BCUT2D eigenvalue weighted by atomic mass is 9.83. The number of carbonyl (C=O) groups is 1. The summed E-state index contributed by atoms with van der Waals surface area (Å²) in [6.45, 7) is 0.677. The molecule has 2 fully saturated rings. The Morgan fingerprint density at radius 1 is 1.28 bits per heavy atom. The molecule has 0 radical (unpaired) electrons. The lowest BCUT2D eigenvalue weighted by Gasteiger charge is -2.35. The minimum Gasteiger partial charge on any atom is -0.468 e. The number of hydrogen-bond acceptors (Lipinski definition) is 5.